The molecule has 2 heterocycles. The van der Waals surface area contributed by atoms with Crippen molar-refractivity contribution in [2.24, 2.45) is 0 Å². The second-order valence-corrected chi connectivity index (χ2v) is 3.52. The molecule has 0 fully saturated rings. The fraction of sp³-hybridized carbons (Fsp3) is 0. The second-order valence-electron chi connectivity index (χ2n) is 2.27. The van der Waals surface area contributed by atoms with Crippen LogP contribution in [0.2, 0.25) is 0 Å². The normalized spacial score (nSPS) is 10.4. The lowest BCUT2D eigenvalue weighted by molar-refractivity contribution is 1.17. The van der Waals surface area contributed by atoms with E-state index in [0.717, 1.165) is 3.57 Å². The van der Waals surface area contributed by atoms with Crippen molar-refractivity contribution in [3.63, 3.8) is 0 Å². The van der Waals surface area contributed by atoms with Crippen LogP contribution in [0.3, 0.4) is 0 Å². The van der Waals surface area contributed by atoms with E-state index >= 15 is 0 Å². The number of aromatic amines is 1. The van der Waals surface area contributed by atoms with Crippen LogP contribution < -0.4 is 5.56 Å². The van der Waals surface area contributed by atoms with Gasteiger partial charge in [0.2, 0.25) is 0 Å². The van der Waals surface area contributed by atoms with Gasteiger partial charge in [0.25, 0.3) is 5.56 Å². The van der Waals surface area contributed by atoms with Gasteiger partial charge in [0.05, 0.1) is 11.7 Å². The van der Waals surface area contributed by atoms with E-state index in [1.54, 1.807) is 6.20 Å². The van der Waals surface area contributed by atoms with Crippen molar-refractivity contribution in [1.82, 2.24) is 15.0 Å². The number of hydrogen-bond acceptors (Lipinski definition) is 3. The van der Waals surface area contributed by atoms with Crippen molar-refractivity contribution in [2.45, 2.75) is 0 Å². The first-order chi connectivity index (χ1) is 5.75. The summed E-state index contributed by atoms with van der Waals surface area (Å²) in [6.45, 7) is 0. The number of aromatic nitrogens is 3. The lowest BCUT2D eigenvalue weighted by Crippen LogP contribution is -2.05. The van der Waals surface area contributed by atoms with Gasteiger partial charge in [0, 0.05) is 9.77 Å². The highest BCUT2D eigenvalue weighted by molar-refractivity contribution is 14.1. The van der Waals surface area contributed by atoms with E-state index < -0.39 is 0 Å². The Hall–Kier alpha value is -0.980. The molecular formula is C7H4IN3O. The molecule has 0 radical (unpaired) electrons. The molecule has 0 aliphatic carbocycles. The molecule has 12 heavy (non-hydrogen) atoms. The summed E-state index contributed by atoms with van der Waals surface area (Å²) >= 11 is 2.13. The standard InChI is InChI=1S/C7H4IN3O/c8-4-1-5-7(9-2-4)10-3-6(12)11-5/h1-3H,(H,11,12). The molecule has 5 heteroatoms. The molecule has 0 aromatic carbocycles. The quantitative estimate of drug-likeness (QED) is 0.726. The number of rotatable bonds is 0. The summed E-state index contributed by atoms with van der Waals surface area (Å²) in [4.78, 5) is 21.4. The zero-order valence-electron chi connectivity index (χ0n) is 5.91. The Kier molecular flexibility index (Phi) is 1.80. The first-order valence-electron chi connectivity index (χ1n) is 3.26. The van der Waals surface area contributed by atoms with Crippen LogP contribution in [0, 0.1) is 3.57 Å². The number of pyridine rings is 1. The molecule has 4 nitrogen and oxygen atoms in total. The summed E-state index contributed by atoms with van der Waals surface area (Å²) in [6, 6.07) is 1.83. The molecule has 0 spiro atoms. The molecule has 0 unspecified atom stereocenters. The van der Waals surface area contributed by atoms with Gasteiger partial charge >= 0.3 is 0 Å². The Morgan fingerprint density at radius 3 is 2.92 bits per heavy atom. The van der Waals surface area contributed by atoms with Crippen LogP contribution in [-0.4, -0.2) is 15.0 Å². The van der Waals surface area contributed by atoms with Crippen molar-refractivity contribution in [2.75, 3.05) is 0 Å². The number of halogens is 1. The highest BCUT2D eigenvalue weighted by atomic mass is 127. The van der Waals surface area contributed by atoms with Crippen LogP contribution >= 0.6 is 22.6 Å². The molecule has 0 atom stereocenters. The number of nitrogens with zero attached hydrogens (tertiary/aromatic N) is 2. The lowest BCUT2D eigenvalue weighted by Gasteiger charge is -1.94. The molecule has 2 aromatic rings. The average Bonchev–Trinajstić information content (AvgIpc) is 2.03. The van der Waals surface area contributed by atoms with Gasteiger partial charge < -0.3 is 4.98 Å². The van der Waals surface area contributed by atoms with Gasteiger partial charge in [-0.3, -0.25) is 4.79 Å². The maximum absolute atomic E-state index is 10.8. The zero-order valence-corrected chi connectivity index (χ0v) is 8.07. The molecule has 1 N–H and O–H groups in total. The van der Waals surface area contributed by atoms with Crippen molar-refractivity contribution >= 4 is 33.8 Å². The van der Waals surface area contributed by atoms with E-state index in [0.29, 0.717) is 11.2 Å². The smallest absolute Gasteiger partial charge is 0.266 e. The number of nitrogens with one attached hydrogen (secondary N) is 1. The Morgan fingerprint density at radius 2 is 2.08 bits per heavy atom. The second kappa shape index (κ2) is 2.81. The van der Waals surface area contributed by atoms with Crippen LogP contribution in [0.15, 0.2) is 23.3 Å². The number of hydrogen-bond donors (Lipinski definition) is 1. The van der Waals surface area contributed by atoms with Gasteiger partial charge in [-0.05, 0) is 28.7 Å². The van der Waals surface area contributed by atoms with Gasteiger partial charge in [0.15, 0.2) is 5.65 Å². The molecular weight excluding hydrogens is 269 g/mol. The molecule has 0 bridgehead atoms. The summed E-state index contributed by atoms with van der Waals surface area (Å²) in [5.41, 5.74) is 1.04. The Labute approximate surface area is 81.2 Å². The summed E-state index contributed by atoms with van der Waals surface area (Å²) in [5, 5.41) is 0. The summed E-state index contributed by atoms with van der Waals surface area (Å²) in [6.07, 6.45) is 2.93. The van der Waals surface area contributed by atoms with Crippen molar-refractivity contribution in [1.29, 1.82) is 0 Å². The van der Waals surface area contributed by atoms with E-state index in [-0.39, 0.29) is 5.56 Å². The predicted octanol–water partition coefficient (Wildman–Crippen LogP) is 0.923. The summed E-state index contributed by atoms with van der Waals surface area (Å²) < 4.78 is 0.976. The first-order valence-corrected chi connectivity index (χ1v) is 4.34. The highest BCUT2D eigenvalue weighted by Crippen LogP contribution is 2.07. The number of fused-ring (bicyclic) bond motifs is 1. The minimum atomic E-state index is -0.202. The van der Waals surface area contributed by atoms with E-state index in [1.807, 2.05) is 6.07 Å². The maximum Gasteiger partial charge on any atom is 0.266 e. The Balaban J connectivity index is 2.89. The number of H-pyrrole nitrogens is 1. The van der Waals surface area contributed by atoms with Crippen molar-refractivity contribution in [3.05, 3.63) is 32.4 Å². The predicted molar refractivity (Wildman–Crippen MR) is 52.9 cm³/mol. The zero-order chi connectivity index (χ0) is 8.55. The minimum absolute atomic E-state index is 0.202. The summed E-state index contributed by atoms with van der Waals surface area (Å²) in [5.74, 6) is 0. The third-order valence-corrected chi connectivity index (χ3v) is 1.99. The molecule has 0 saturated heterocycles. The molecule has 0 aliphatic heterocycles. The highest BCUT2D eigenvalue weighted by Gasteiger charge is 1.96. The molecule has 2 rings (SSSR count). The molecule has 0 saturated carbocycles. The van der Waals surface area contributed by atoms with Crippen LogP contribution in [0.5, 0.6) is 0 Å². The monoisotopic (exact) mass is 273 g/mol. The van der Waals surface area contributed by atoms with Gasteiger partial charge in [-0.25, -0.2) is 9.97 Å². The topological polar surface area (TPSA) is 58.6 Å². The Morgan fingerprint density at radius 1 is 1.33 bits per heavy atom. The first kappa shape index (κ1) is 7.66. The van der Waals surface area contributed by atoms with E-state index in [9.17, 15) is 4.79 Å². The van der Waals surface area contributed by atoms with Gasteiger partial charge in [-0.2, -0.15) is 0 Å². The SMILES string of the molecule is O=c1cnc2ncc(I)cc2[nH]1. The van der Waals surface area contributed by atoms with Crippen LogP contribution in [0.25, 0.3) is 11.2 Å². The van der Waals surface area contributed by atoms with E-state index in [4.69, 9.17) is 0 Å². The fourth-order valence-electron chi connectivity index (χ4n) is 0.912. The van der Waals surface area contributed by atoms with E-state index in [1.165, 1.54) is 6.20 Å². The Bertz CT molecular complexity index is 479. The average molecular weight is 273 g/mol. The minimum Gasteiger partial charge on any atom is -0.318 e. The van der Waals surface area contributed by atoms with E-state index in [2.05, 4.69) is 37.5 Å². The third-order valence-electron chi connectivity index (χ3n) is 1.40. The van der Waals surface area contributed by atoms with Crippen LogP contribution in [0.1, 0.15) is 0 Å². The van der Waals surface area contributed by atoms with Crippen LogP contribution in [0.4, 0.5) is 0 Å². The molecule has 60 valence electrons. The van der Waals surface area contributed by atoms with Crippen molar-refractivity contribution in [3.8, 4) is 0 Å². The van der Waals surface area contributed by atoms with Crippen molar-refractivity contribution < 1.29 is 0 Å². The van der Waals surface area contributed by atoms with Gasteiger partial charge in [-0.1, -0.05) is 0 Å². The van der Waals surface area contributed by atoms with Crippen LogP contribution in [-0.2, 0) is 0 Å². The molecule has 2 aromatic heterocycles. The maximum atomic E-state index is 10.8. The molecule has 0 aliphatic rings. The fourth-order valence-corrected chi connectivity index (χ4v) is 1.36. The third kappa shape index (κ3) is 1.31. The lowest BCUT2D eigenvalue weighted by atomic mass is 10.4. The van der Waals surface area contributed by atoms with Gasteiger partial charge in [0.1, 0.15) is 0 Å². The largest absolute Gasteiger partial charge is 0.318 e. The summed E-state index contributed by atoms with van der Waals surface area (Å²) in [7, 11) is 0. The van der Waals surface area contributed by atoms with Gasteiger partial charge in [-0.15, -0.1) is 0 Å². The molecule has 0 amide bonds.